The second-order valence-electron chi connectivity index (χ2n) is 8.58. The van der Waals surface area contributed by atoms with Crippen molar-refractivity contribution in [1.82, 2.24) is 14.9 Å². The first-order valence-electron chi connectivity index (χ1n) is 11.1. The molecule has 178 valence electrons. The van der Waals surface area contributed by atoms with Gasteiger partial charge in [-0.3, -0.25) is 4.99 Å². The maximum Gasteiger partial charge on any atom is 0.161 e. The van der Waals surface area contributed by atoms with E-state index in [1.54, 1.807) is 6.20 Å². The maximum absolute atomic E-state index is 10.00. The van der Waals surface area contributed by atoms with Crippen LogP contribution in [0.4, 0.5) is 5.82 Å². The molecule has 0 aliphatic carbocycles. The molecule has 2 heterocycles. The minimum Gasteiger partial charge on any atom is -0.394 e. The van der Waals surface area contributed by atoms with Gasteiger partial charge in [-0.25, -0.2) is 9.97 Å². The molecule has 7 nitrogen and oxygen atoms in total. The second-order valence-corrected chi connectivity index (χ2v) is 8.58. The lowest BCUT2D eigenvalue weighted by atomic mass is 9.98. The topological polar surface area (TPSA) is 82.9 Å². The number of aliphatic imine (C=N–C) groups is 1. The van der Waals surface area contributed by atoms with Crippen molar-refractivity contribution in [2.75, 3.05) is 39.2 Å². The van der Waals surface area contributed by atoms with E-state index in [0.29, 0.717) is 36.3 Å². The number of anilines is 1. The molecule has 34 heavy (non-hydrogen) atoms. The summed E-state index contributed by atoms with van der Waals surface area (Å²) in [6.45, 7) is 12.3. The molecular weight excluding hydrogens is 426 g/mol. The third-order valence-corrected chi connectivity index (χ3v) is 5.21. The molecule has 1 aromatic carbocycles. The SMILES string of the molecule is C=C/C(=C\N(C)C)c1cccc(-c2ncc(C(/C=C\C)=NC(=C)C)c(NC3(CO)COC3)n2)c1. The summed E-state index contributed by atoms with van der Waals surface area (Å²) in [5, 5.41) is 13.4. The number of benzene rings is 1. The molecule has 1 aromatic heterocycles. The van der Waals surface area contributed by atoms with Crippen molar-refractivity contribution >= 4 is 17.1 Å². The molecule has 3 rings (SSSR count). The van der Waals surface area contributed by atoms with Gasteiger partial charge in [0, 0.05) is 37.8 Å². The minimum absolute atomic E-state index is 0.0735. The van der Waals surface area contributed by atoms with E-state index in [1.807, 2.05) is 81.5 Å². The molecule has 1 aliphatic heterocycles. The Morgan fingerprint density at radius 2 is 2.12 bits per heavy atom. The largest absolute Gasteiger partial charge is 0.394 e. The second kappa shape index (κ2) is 11.0. The molecule has 0 amide bonds. The quantitative estimate of drug-likeness (QED) is 0.407. The summed E-state index contributed by atoms with van der Waals surface area (Å²) in [7, 11) is 3.95. The molecule has 0 atom stereocenters. The Kier molecular flexibility index (Phi) is 8.15. The van der Waals surface area contributed by atoms with Crippen LogP contribution in [0.15, 0.2) is 78.7 Å². The summed E-state index contributed by atoms with van der Waals surface area (Å²) in [6.07, 6.45) is 9.40. The van der Waals surface area contributed by atoms with Gasteiger partial charge in [-0.2, -0.15) is 0 Å². The zero-order valence-corrected chi connectivity index (χ0v) is 20.4. The molecule has 0 radical (unpaired) electrons. The molecule has 1 fully saturated rings. The van der Waals surface area contributed by atoms with Crippen LogP contribution in [0.1, 0.15) is 25.0 Å². The van der Waals surface area contributed by atoms with Crippen LogP contribution in [0, 0.1) is 0 Å². The summed E-state index contributed by atoms with van der Waals surface area (Å²) >= 11 is 0. The summed E-state index contributed by atoms with van der Waals surface area (Å²) in [5.41, 5.74) is 4.37. The van der Waals surface area contributed by atoms with E-state index >= 15 is 0 Å². The molecule has 0 spiro atoms. The van der Waals surface area contributed by atoms with Crippen LogP contribution in [0.5, 0.6) is 0 Å². The minimum atomic E-state index is -0.586. The maximum atomic E-state index is 10.00. The van der Waals surface area contributed by atoms with Crippen LogP contribution < -0.4 is 5.32 Å². The third-order valence-electron chi connectivity index (χ3n) is 5.21. The number of hydrogen-bond donors (Lipinski definition) is 2. The monoisotopic (exact) mass is 459 g/mol. The number of aliphatic hydroxyl groups excluding tert-OH is 1. The van der Waals surface area contributed by atoms with Crippen LogP contribution in [0.3, 0.4) is 0 Å². The van der Waals surface area contributed by atoms with E-state index in [-0.39, 0.29) is 6.61 Å². The highest BCUT2D eigenvalue weighted by molar-refractivity contribution is 6.12. The van der Waals surface area contributed by atoms with E-state index in [1.165, 1.54) is 0 Å². The molecule has 1 aliphatic rings. The molecule has 1 saturated heterocycles. The van der Waals surface area contributed by atoms with Crippen molar-refractivity contribution in [1.29, 1.82) is 0 Å². The van der Waals surface area contributed by atoms with Crippen LogP contribution >= 0.6 is 0 Å². The molecule has 2 aromatic rings. The Hall–Kier alpha value is -3.55. The highest BCUT2D eigenvalue weighted by atomic mass is 16.5. The van der Waals surface area contributed by atoms with Crippen molar-refractivity contribution in [2.24, 2.45) is 4.99 Å². The summed E-state index contributed by atoms with van der Waals surface area (Å²) in [5.74, 6) is 1.14. The lowest BCUT2D eigenvalue weighted by Gasteiger charge is -2.41. The number of rotatable bonds is 10. The van der Waals surface area contributed by atoms with Gasteiger partial charge in [0.25, 0.3) is 0 Å². The van der Waals surface area contributed by atoms with Gasteiger partial charge in [-0.15, -0.1) is 0 Å². The fraction of sp³-hybridized carbons (Fsp3) is 0.296. The predicted octanol–water partition coefficient (Wildman–Crippen LogP) is 4.30. The fourth-order valence-electron chi connectivity index (χ4n) is 3.52. The average molecular weight is 460 g/mol. The van der Waals surface area contributed by atoms with Gasteiger partial charge in [0.2, 0.25) is 0 Å². The van der Waals surface area contributed by atoms with Gasteiger partial charge in [0.05, 0.1) is 31.1 Å². The van der Waals surface area contributed by atoms with Gasteiger partial charge >= 0.3 is 0 Å². The lowest BCUT2D eigenvalue weighted by Crippen LogP contribution is -2.59. The molecule has 2 N–H and O–H groups in total. The number of nitrogens with one attached hydrogen (secondary N) is 1. The smallest absolute Gasteiger partial charge is 0.161 e. The van der Waals surface area contributed by atoms with Crippen molar-refractivity contribution in [3.8, 4) is 11.4 Å². The van der Waals surface area contributed by atoms with Gasteiger partial charge in [0.1, 0.15) is 11.4 Å². The summed E-state index contributed by atoms with van der Waals surface area (Å²) < 4.78 is 5.37. The lowest BCUT2D eigenvalue weighted by molar-refractivity contribution is -0.0651. The van der Waals surface area contributed by atoms with Crippen LogP contribution in [0.2, 0.25) is 0 Å². The van der Waals surface area contributed by atoms with Crippen LogP contribution in [-0.2, 0) is 4.74 Å². The van der Waals surface area contributed by atoms with E-state index in [0.717, 1.165) is 22.3 Å². The zero-order valence-electron chi connectivity index (χ0n) is 20.4. The number of aromatic nitrogens is 2. The average Bonchev–Trinajstić information content (AvgIpc) is 2.79. The van der Waals surface area contributed by atoms with Gasteiger partial charge in [-0.05, 0) is 37.1 Å². The fourth-order valence-corrected chi connectivity index (χ4v) is 3.52. The van der Waals surface area contributed by atoms with Gasteiger partial charge in [-0.1, -0.05) is 43.5 Å². The predicted molar refractivity (Wildman–Crippen MR) is 140 cm³/mol. The van der Waals surface area contributed by atoms with E-state index in [4.69, 9.17) is 9.72 Å². The number of hydrogen-bond acceptors (Lipinski definition) is 7. The molecule has 7 heteroatoms. The first-order chi connectivity index (χ1) is 16.3. The summed E-state index contributed by atoms with van der Waals surface area (Å²) in [4.78, 5) is 16.1. The van der Waals surface area contributed by atoms with Crippen molar-refractivity contribution in [3.05, 3.63) is 84.9 Å². The Bertz CT molecular complexity index is 1140. The first-order valence-corrected chi connectivity index (χ1v) is 11.1. The van der Waals surface area contributed by atoms with E-state index in [2.05, 4.69) is 28.5 Å². The molecule has 0 bridgehead atoms. The normalized spacial score (nSPS) is 15.7. The molecule has 0 saturated carbocycles. The Morgan fingerprint density at radius 1 is 1.35 bits per heavy atom. The molecular formula is C27H33N5O2. The van der Waals surface area contributed by atoms with Crippen LogP contribution in [-0.4, -0.2) is 65.1 Å². The Morgan fingerprint density at radius 3 is 2.68 bits per heavy atom. The van der Waals surface area contributed by atoms with Crippen molar-refractivity contribution in [2.45, 2.75) is 19.4 Å². The number of aliphatic hydroxyl groups is 1. The first kappa shape index (κ1) is 25.1. The highest BCUT2D eigenvalue weighted by Gasteiger charge is 2.39. The molecule has 0 unspecified atom stereocenters. The van der Waals surface area contributed by atoms with E-state index in [9.17, 15) is 5.11 Å². The van der Waals surface area contributed by atoms with Gasteiger partial charge < -0.3 is 20.1 Å². The van der Waals surface area contributed by atoms with E-state index < -0.39 is 5.54 Å². The standard InChI is InChI=1S/C27H33N5O2/c1-7-10-24(29-19(3)4)23-14-28-25(30-26(23)31-27(16-33)17-34-18-27)22-12-9-11-21(13-22)20(8-2)15-32(5)6/h7-15,33H,2-3,16-18H2,1,4-6H3,(H,28,30,31)/b10-7-,20-15+,29-24?. The highest BCUT2D eigenvalue weighted by Crippen LogP contribution is 2.28. The number of allylic oxidation sites excluding steroid dienone is 5. The number of nitrogens with zero attached hydrogens (tertiary/aromatic N) is 4. The van der Waals surface area contributed by atoms with Crippen molar-refractivity contribution in [3.63, 3.8) is 0 Å². The summed E-state index contributed by atoms with van der Waals surface area (Å²) in [6, 6.07) is 8.02. The van der Waals surface area contributed by atoms with Crippen LogP contribution in [0.25, 0.3) is 17.0 Å². The Labute approximate surface area is 201 Å². The van der Waals surface area contributed by atoms with Gasteiger partial charge in [0.15, 0.2) is 5.82 Å². The Balaban J connectivity index is 2.12. The third kappa shape index (κ3) is 5.87. The van der Waals surface area contributed by atoms with Crippen molar-refractivity contribution < 1.29 is 9.84 Å². The zero-order chi connectivity index (χ0) is 24.7. The number of ether oxygens (including phenoxy) is 1.